The molecule has 1 aliphatic rings. The first kappa shape index (κ1) is 27.7. The van der Waals surface area contributed by atoms with Gasteiger partial charge in [0.2, 0.25) is 0 Å². The van der Waals surface area contributed by atoms with Gasteiger partial charge in [-0.2, -0.15) is 9.05 Å². The van der Waals surface area contributed by atoms with Crippen molar-refractivity contribution in [3.63, 3.8) is 0 Å². The fourth-order valence-corrected chi connectivity index (χ4v) is 11.6. The summed E-state index contributed by atoms with van der Waals surface area (Å²) >= 11 is 0. The molecular weight excluding hydrogens is 516 g/mol. The molecule has 0 spiro atoms. The SMILES string of the molecule is CCCCOC(=O)[N+]1(P(c2ccccc2)c2ccccc2)CCC[C@H]1CP(c1ccccc1)c1ccccc1. The number of hydrogen-bond acceptors (Lipinski definition) is 2. The smallest absolute Gasteiger partial charge is 0.420 e. The Labute approximate surface area is 236 Å². The minimum Gasteiger partial charge on any atom is -0.420 e. The number of quaternary nitrogens is 1. The van der Waals surface area contributed by atoms with Crippen LogP contribution in [0.1, 0.15) is 32.6 Å². The lowest BCUT2D eigenvalue weighted by Crippen LogP contribution is -2.56. The number of ether oxygens (including phenoxy) is 1. The summed E-state index contributed by atoms with van der Waals surface area (Å²) in [7, 11) is -1.67. The summed E-state index contributed by atoms with van der Waals surface area (Å²) in [5.41, 5.74) is 0. The minimum absolute atomic E-state index is 0.0409. The first-order valence-electron chi connectivity index (χ1n) is 14.1. The van der Waals surface area contributed by atoms with Crippen LogP contribution in [-0.2, 0) is 4.74 Å². The third-order valence-corrected chi connectivity index (χ3v) is 13.2. The molecule has 5 rings (SSSR count). The second-order valence-electron chi connectivity index (χ2n) is 10.1. The van der Waals surface area contributed by atoms with Gasteiger partial charge in [-0.05, 0) is 49.2 Å². The van der Waals surface area contributed by atoms with E-state index in [0.29, 0.717) is 10.9 Å². The maximum Gasteiger partial charge on any atom is 0.517 e. The number of nitrogens with zero attached hydrogens (tertiary/aromatic N) is 1. The first-order valence-corrected chi connectivity index (χ1v) is 16.9. The van der Waals surface area contributed by atoms with Gasteiger partial charge < -0.3 is 4.74 Å². The molecular formula is C34H38NO2P2+. The summed E-state index contributed by atoms with van der Waals surface area (Å²) in [6, 6.07) is 43.4. The fraction of sp³-hybridized carbons (Fsp3) is 0.265. The van der Waals surface area contributed by atoms with Crippen LogP contribution in [0.4, 0.5) is 4.79 Å². The van der Waals surface area contributed by atoms with Gasteiger partial charge in [0.25, 0.3) is 0 Å². The molecule has 0 saturated carbocycles. The van der Waals surface area contributed by atoms with E-state index in [9.17, 15) is 4.79 Å². The van der Waals surface area contributed by atoms with Crippen molar-refractivity contribution >= 4 is 43.3 Å². The molecule has 3 nitrogen and oxygen atoms in total. The zero-order valence-electron chi connectivity index (χ0n) is 22.7. The molecule has 0 radical (unpaired) electrons. The number of rotatable bonds is 10. The molecule has 1 unspecified atom stereocenters. The van der Waals surface area contributed by atoms with Crippen LogP contribution >= 0.6 is 16.0 Å². The molecule has 4 aromatic rings. The molecule has 1 aliphatic heterocycles. The number of hydrogen-bond donors (Lipinski definition) is 0. The third kappa shape index (κ3) is 6.17. The lowest BCUT2D eigenvalue weighted by Gasteiger charge is -2.42. The van der Waals surface area contributed by atoms with E-state index in [-0.39, 0.29) is 12.1 Å². The second-order valence-corrected chi connectivity index (χ2v) is 14.7. The maximum absolute atomic E-state index is 14.5. The largest absolute Gasteiger partial charge is 0.517 e. The molecule has 0 aromatic heterocycles. The van der Waals surface area contributed by atoms with Crippen molar-refractivity contribution in [2.75, 3.05) is 19.3 Å². The number of carbonyl (C=O) groups is 1. The summed E-state index contributed by atoms with van der Waals surface area (Å²) in [6.07, 6.45) is 4.88. The molecule has 2 atom stereocenters. The lowest BCUT2D eigenvalue weighted by atomic mass is 10.2. The van der Waals surface area contributed by atoms with Crippen LogP contribution in [0.25, 0.3) is 0 Å². The van der Waals surface area contributed by atoms with E-state index in [1.165, 1.54) is 21.2 Å². The highest BCUT2D eigenvalue weighted by Gasteiger charge is 2.57. The Hall–Kier alpha value is -2.83. The lowest BCUT2D eigenvalue weighted by molar-refractivity contribution is -0.740. The van der Waals surface area contributed by atoms with E-state index < -0.39 is 16.0 Å². The van der Waals surface area contributed by atoms with Crippen molar-refractivity contribution in [2.45, 2.75) is 38.6 Å². The first-order chi connectivity index (χ1) is 19.2. The fourth-order valence-electron chi connectivity index (χ4n) is 5.68. The van der Waals surface area contributed by atoms with Crippen LogP contribution in [0.2, 0.25) is 0 Å². The highest BCUT2D eigenvalue weighted by atomic mass is 31.1. The van der Waals surface area contributed by atoms with Crippen LogP contribution in [0, 0.1) is 0 Å². The van der Waals surface area contributed by atoms with Gasteiger partial charge in [-0.3, -0.25) is 0 Å². The van der Waals surface area contributed by atoms with Gasteiger partial charge in [-0.1, -0.05) is 110 Å². The Balaban J connectivity index is 1.63. The van der Waals surface area contributed by atoms with Crippen molar-refractivity contribution in [1.29, 1.82) is 0 Å². The van der Waals surface area contributed by atoms with Crippen LogP contribution in [0.5, 0.6) is 0 Å². The van der Waals surface area contributed by atoms with Crippen molar-refractivity contribution in [3.05, 3.63) is 121 Å². The topological polar surface area (TPSA) is 26.3 Å². The van der Waals surface area contributed by atoms with E-state index in [1.807, 2.05) is 0 Å². The highest BCUT2D eigenvalue weighted by Crippen LogP contribution is 2.55. The number of amides is 1. The van der Waals surface area contributed by atoms with E-state index in [1.54, 1.807) is 0 Å². The summed E-state index contributed by atoms with van der Waals surface area (Å²) < 4.78 is 6.57. The van der Waals surface area contributed by atoms with Gasteiger partial charge in [0.15, 0.2) is 8.07 Å². The van der Waals surface area contributed by atoms with Crippen molar-refractivity contribution in [3.8, 4) is 0 Å². The molecule has 0 aliphatic carbocycles. The van der Waals surface area contributed by atoms with Crippen LogP contribution in [0.3, 0.4) is 0 Å². The molecule has 200 valence electrons. The molecule has 5 heteroatoms. The van der Waals surface area contributed by atoms with Crippen molar-refractivity contribution in [2.24, 2.45) is 0 Å². The minimum atomic E-state index is -1.03. The molecule has 1 amide bonds. The van der Waals surface area contributed by atoms with Gasteiger partial charge in [-0.25, -0.2) is 0 Å². The Kier molecular flexibility index (Phi) is 9.59. The Morgan fingerprint density at radius 2 is 1.21 bits per heavy atom. The number of unbranched alkanes of at least 4 members (excludes halogenated alkanes) is 1. The summed E-state index contributed by atoms with van der Waals surface area (Å²) in [4.78, 5) is 14.5. The number of likely N-dealkylation sites (tertiary alicyclic amines) is 1. The number of carbonyl (C=O) groups excluding carboxylic acids is 1. The van der Waals surface area contributed by atoms with Crippen molar-refractivity contribution < 1.29 is 13.8 Å². The van der Waals surface area contributed by atoms with Gasteiger partial charge in [0.05, 0.1) is 13.2 Å². The van der Waals surface area contributed by atoms with Gasteiger partial charge in [-0.15, -0.1) is 0 Å². The summed E-state index contributed by atoms with van der Waals surface area (Å²) in [5, 5.41) is 5.21. The van der Waals surface area contributed by atoms with Crippen molar-refractivity contribution in [1.82, 2.24) is 0 Å². The zero-order valence-corrected chi connectivity index (χ0v) is 24.5. The molecule has 0 bridgehead atoms. The molecule has 0 N–H and O–H groups in total. The van der Waals surface area contributed by atoms with E-state index >= 15 is 0 Å². The summed E-state index contributed by atoms with van der Waals surface area (Å²) in [5.74, 6) is 0. The normalized spacial score (nSPS) is 18.9. The van der Waals surface area contributed by atoms with Gasteiger partial charge >= 0.3 is 6.09 Å². The molecule has 4 aromatic carbocycles. The molecule has 1 saturated heterocycles. The van der Waals surface area contributed by atoms with Crippen LogP contribution < -0.4 is 21.2 Å². The Bertz CT molecular complexity index is 1230. The maximum atomic E-state index is 14.5. The second kappa shape index (κ2) is 13.5. The molecule has 39 heavy (non-hydrogen) atoms. The Morgan fingerprint density at radius 3 is 1.67 bits per heavy atom. The summed E-state index contributed by atoms with van der Waals surface area (Å²) in [6.45, 7) is 3.45. The van der Waals surface area contributed by atoms with E-state index in [2.05, 4.69) is 128 Å². The molecule has 1 heterocycles. The standard InChI is InChI=1S/C34H38NO2P2/c1-2-3-27-37-34(36)35(39(32-22-12-6-13-23-32)33-24-14-7-15-25-33)26-16-17-29(35)28-38(30-18-8-4-9-19-30)31-20-10-5-11-21-31/h4-15,18-25,29H,2-3,16-17,26-28H2,1H3/q+1/t29-,35?/m0/s1. The van der Waals surface area contributed by atoms with Gasteiger partial charge in [0.1, 0.15) is 6.04 Å². The predicted molar refractivity (Wildman–Crippen MR) is 167 cm³/mol. The average molecular weight is 555 g/mol. The van der Waals surface area contributed by atoms with Gasteiger partial charge in [0, 0.05) is 29.6 Å². The quantitative estimate of drug-likeness (QED) is 0.155. The van der Waals surface area contributed by atoms with E-state index in [4.69, 9.17) is 4.74 Å². The average Bonchev–Trinajstić information content (AvgIpc) is 3.42. The number of benzene rings is 4. The van der Waals surface area contributed by atoms with Crippen LogP contribution in [0.15, 0.2) is 121 Å². The highest BCUT2D eigenvalue weighted by molar-refractivity contribution is 7.73. The van der Waals surface area contributed by atoms with Crippen LogP contribution in [-0.4, -0.2) is 35.7 Å². The Morgan fingerprint density at radius 1 is 0.744 bits per heavy atom. The monoisotopic (exact) mass is 554 g/mol. The zero-order chi connectivity index (χ0) is 26.9. The molecule has 1 fully saturated rings. The third-order valence-electron chi connectivity index (χ3n) is 7.57. The predicted octanol–water partition coefficient (Wildman–Crippen LogP) is 7.08. The van der Waals surface area contributed by atoms with E-state index in [0.717, 1.165) is 38.4 Å².